The van der Waals surface area contributed by atoms with Crippen molar-refractivity contribution in [1.82, 2.24) is 15.5 Å². The third-order valence-corrected chi connectivity index (χ3v) is 5.02. The van der Waals surface area contributed by atoms with E-state index in [9.17, 15) is 14.0 Å². The number of hydrogen-bond donors (Lipinski definition) is 2. The number of urea groups is 1. The molecule has 2 aromatic carbocycles. The van der Waals surface area contributed by atoms with Crippen molar-refractivity contribution in [2.24, 2.45) is 0 Å². The van der Waals surface area contributed by atoms with Crippen molar-refractivity contribution in [3.63, 3.8) is 0 Å². The van der Waals surface area contributed by atoms with E-state index in [1.165, 1.54) is 12.1 Å². The molecule has 2 N–H and O–H groups in total. The van der Waals surface area contributed by atoms with Gasteiger partial charge in [0.2, 0.25) is 0 Å². The van der Waals surface area contributed by atoms with Gasteiger partial charge in [-0.2, -0.15) is 0 Å². The largest absolute Gasteiger partial charge is 0.336 e. The molecule has 2 heterocycles. The fraction of sp³-hybridized carbons (Fsp3) is 0.300. The SMILES string of the molecule is Cl.O=C1NCCN1c1ccc(C(=O)N2CCNCC2c2cccc(F)c2)cc1. The van der Waals surface area contributed by atoms with Crippen molar-refractivity contribution in [3.05, 3.63) is 65.5 Å². The monoisotopic (exact) mass is 404 g/mol. The van der Waals surface area contributed by atoms with E-state index in [1.807, 2.05) is 6.07 Å². The minimum Gasteiger partial charge on any atom is -0.336 e. The maximum Gasteiger partial charge on any atom is 0.321 e. The van der Waals surface area contributed by atoms with Crippen LogP contribution in [-0.2, 0) is 0 Å². The number of nitrogens with one attached hydrogen (secondary N) is 2. The summed E-state index contributed by atoms with van der Waals surface area (Å²) in [6.45, 7) is 3.07. The lowest BCUT2D eigenvalue weighted by atomic mass is 10.0. The van der Waals surface area contributed by atoms with Crippen LogP contribution in [0, 0.1) is 5.82 Å². The van der Waals surface area contributed by atoms with Crippen LogP contribution in [0.4, 0.5) is 14.9 Å². The second-order valence-corrected chi connectivity index (χ2v) is 6.70. The number of carbonyl (C=O) groups excluding carboxylic acids is 2. The molecule has 8 heteroatoms. The van der Waals surface area contributed by atoms with E-state index >= 15 is 0 Å². The van der Waals surface area contributed by atoms with Gasteiger partial charge in [-0.15, -0.1) is 12.4 Å². The fourth-order valence-electron chi connectivity index (χ4n) is 3.63. The minimum atomic E-state index is -0.307. The Bertz CT molecular complexity index is 862. The lowest BCUT2D eigenvalue weighted by molar-refractivity contribution is 0.0634. The Balaban J connectivity index is 0.00000225. The van der Waals surface area contributed by atoms with Gasteiger partial charge in [0, 0.05) is 44.0 Å². The molecule has 1 unspecified atom stereocenters. The molecule has 6 nitrogen and oxygen atoms in total. The van der Waals surface area contributed by atoms with Crippen LogP contribution in [0.2, 0.25) is 0 Å². The van der Waals surface area contributed by atoms with Gasteiger partial charge in [0.15, 0.2) is 0 Å². The second kappa shape index (κ2) is 8.58. The zero-order valence-electron chi connectivity index (χ0n) is 15.2. The van der Waals surface area contributed by atoms with Crippen LogP contribution in [0.25, 0.3) is 0 Å². The van der Waals surface area contributed by atoms with Crippen LogP contribution in [0.1, 0.15) is 22.0 Å². The summed E-state index contributed by atoms with van der Waals surface area (Å²) in [6, 6.07) is 13.1. The van der Waals surface area contributed by atoms with Crippen molar-refractivity contribution in [1.29, 1.82) is 0 Å². The van der Waals surface area contributed by atoms with E-state index in [0.717, 1.165) is 11.3 Å². The highest BCUT2D eigenvalue weighted by atomic mass is 35.5. The molecule has 0 aromatic heterocycles. The van der Waals surface area contributed by atoms with Gasteiger partial charge in [0.05, 0.1) is 6.04 Å². The van der Waals surface area contributed by atoms with Crippen molar-refractivity contribution in [2.75, 3.05) is 37.6 Å². The number of hydrogen-bond acceptors (Lipinski definition) is 3. The Morgan fingerprint density at radius 3 is 2.54 bits per heavy atom. The van der Waals surface area contributed by atoms with Gasteiger partial charge in [0.25, 0.3) is 5.91 Å². The van der Waals surface area contributed by atoms with Gasteiger partial charge in [-0.1, -0.05) is 12.1 Å². The molecule has 0 aliphatic carbocycles. The summed E-state index contributed by atoms with van der Waals surface area (Å²) < 4.78 is 13.6. The van der Waals surface area contributed by atoms with Gasteiger partial charge in [-0.05, 0) is 42.0 Å². The summed E-state index contributed by atoms with van der Waals surface area (Å²) in [5.41, 5.74) is 2.10. The van der Waals surface area contributed by atoms with Crippen LogP contribution >= 0.6 is 12.4 Å². The van der Waals surface area contributed by atoms with E-state index < -0.39 is 0 Å². The third kappa shape index (κ3) is 3.95. The highest BCUT2D eigenvalue weighted by Crippen LogP contribution is 2.26. The highest BCUT2D eigenvalue weighted by Gasteiger charge is 2.29. The molecule has 0 radical (unpaired) electrons. The Hall–Kier alpha value is -2.64. The number of benzene rings is 2. The predicted molar refractivity (Wildman–Crippen MR) is 107 cm³/mol. The van der Waals surface area contributed by atoms with Crippen LogP contribution in [-0.4, -0.2) is 49.6 Å². The Labute approximate surface area is 169 Å². The maximum absolute atomic E-state index is 13.6. The number of carbonyl (C=O) groups is 2. The number of halogens is 2. The van der Waals surface area contributed by atoms with Crippen molar-refractivity contribution in [3.8, 4) is 0 Å². The first-order valence-corrected chi connectivity index (χ1v) is 9.06. The topological polar surface area (TPSA) is 64.7 Å². The van der Waals surface area contributed by atoms with Gasteiger partial charge in [-0.3, -0.25) is 9.69 Å². The number of amides is 3. The minimum absolute atomic E-state index is 0. The molecule has 0 saturated carbocycles. The molecule has 2 saturated heterocycles. The zero-order valence-corrected chi connectivity index (χ0v) is 16.0. The first-order chi connectivity index (χ1) is 13.1. The molecule has 148 valence electrons. The predicted octanol–water partition coefficient (Wildman–Crippen LogP) is 2.56. The molecule has 1 atom stereocenters. The number of rotatable bonds is 3. The molecule has 3 amide bonds. The van der Waals surface area contributed by atoms with Crippen molar-refractivity contribution in [2.45, 2.75) is 6.04 Å². The molecule has 2 fully saturated rings. The van der Waals surface area contributed by atoms with Gasteiger partial charge in [-0.25, -0.2) is 9.18 Å². The Kier molecular flexibility index (Phi) is 6.16. The van der Waals surface area contributed by atoms with Gasteiger partial charge in [0.1, 0.15) is 5.82 Å². The number of piperazine rings is 1. The molecule has 2 aromatic rings. The molecular formula is C20H22ClFN4O2. The molecular weight excluding hydrogens is 383 g/mol. The quantitative estimate of drug-likeness (QED) is 0.826. The average molecular weight is 405 g/mol. The summed E-state index contributed by atoms with van der Waals surface area (Å²) in [7, 11) is 0. The normalized spacial score (nSPS) is 19.2. The zero-order chi connectivity index (χ0) is 18.8. The summed E-state index contributed by atoms with van der Waals surface area (Å²) >= 11 is 0. The molecule has 28 heavy (non-hydrogen) atoms. The van der Waals surface area contributed by atoms with Crippen molar-refractivity contribution >= 4 is 30.0 Å². The third-order valence-electron chi connectivity index (χ3n) is 5.02. The fourth-order valence-corrected chi connectivity index (χ4v) is 3.63. The first-order valence-electron chi connectivity index (χ1n) is 9.06. The first kappa shape index (κ1) is 20.1. The van der Waals surface area contributed by atoms with Crippen LogP contribution in [0.15, 0.2) is 48.5 Å². The van der Waals surface area contributed by atoms with Gasteiger partial charge < -0.3 is 15.5 Å². The summed E-state index contributed by atoms with van der Waals surface area (Å²) in [4.78, 5) is 28.3. The van der Waals surface area contributed by atoms with E-state index in [2.05, 4.69) is 10.6 Å². The molecule has 4 rings (SSSR count). The van der Waals surface area contributed by atoms with E-state index in [1.54, 1.807) is 40.1 Å². The second-order valence-electron chi connectivity index (χ2n) is 6.70. The van der Waals surface area contributed by atoms with E-state index in [-0.39, 0.29) is 36.2 Å². The standard InChI is InChI=1S/C20H21FN4O2.ClH/c21-16-3-1-2-15(12-16)18-13-22-8-10-25(18)19(26)14-4-6-17(7-5-14)24-11-9-23-20(24)27;/h1-7,12,18,22H,8-11,13H2,(H,23,27);1H. The maximum atomic E-state index is 13.6. The molecule has 0 bridgehead atoms. The van der Waals surface area contributed by atoms with E-state index in [4.69, 9.17) is 0 Å². The van der Waals surface area contributed by atoms with Crippen LogP contribution in [0.3, 0.4) is 0 Å². The Morgan fingerprint density at radius 2 is 1.86 bits per heavy atom. The average Bonchev–Trinajstić information content (AvgIpc) is 3.13. The van der Waals surface area contributed by atoms with E-state index in [0.29, 0.717) is 38.3 Å². The Morgan fingerprint density at radius 1 is 1.07 bits per heavy atom. The number of anilines is 1. The summed E-state index contributed by atoms with van der Waals surface area (Å²) in [6.07, 6.45) is 0. The smallest absolute Gasteiger partial charge is 0.321 e. The molecule has 2 aliphatic rings. The lowest BCUT2D eigenvalue weighted by Gasteiger charge is -2.36. The van der Waals surface area contributed by atoms with Crippen LogP contribution < -0.4 is 15.5 Å². The van der Waals surface area contributed by atoms with Gasteiger partial charge >= 0.3 is 6.03 Å². The molecule has 0 spiro atoms. The van der Waals surface area contributed by atoms with Crippen LogP contribution in [0.5, 0.6) is 0 Å². The summed E-state index contributed by atoms with van der Waals surface area (Å²) in [5.74, 6) is -0.401. The lowest BCUT2D eigenvalue weighted by Crippen LogP contribution is -2.48. The molecule has 2 aliphatic heterocycles. The summed E-state index contributed by atoms with van der Waals surface area (Å²) in [5, 5.41) is 6.03. The van der Waals surface area contributed by atoms with Crippen molar-refractivity contribution < 1.29 is 14.0 Å². The highest BCUT2D eigenvalue weighted by molar-refractivity contribution is 5.97. The number of nitrogens with zero attached hydrogens (tertiary/aromatic N) is 2.